The molecule has 31 heavy (non-hydrogen) atoms. The number of alkyl halides is 4. The van der Waals surface area contributed by atoms with Gasteiger partial charge >= 0.3 is 11.9 Å². The van der Waals surface area contributed by atoms with E-state index in [0.717, 1.165) is 21.8 Å². The van der Waals surface area contributed by atoms with Gasteiger partial charge < -0.3 is 4.90 Å². The zero-order valence-electron chi connectivity index (χ0n) is 15.8. The quantitative estimate of drug-likeness (QED) is 0.418. The van der Waals surface area contributed by atoms with E-state index in [1.165, 1.54) is 24.5 Å². The SMILES string of the molecule is O=c1nc(N2CC=C(c3ccc(F)cc3)C(Cl)C2)ncn1Cc1ccc(C(F)(F)F)s1. The van der Waals surface area contributed by atoms with Gasteiger partial charge in [0.1, 0.15) is 17.0 Å². The summed E-state index contributed by atoms with van der Waals surface area (Å²) in [4.78, 5) is 21.9. The zero-order valence-corrected chi connectivity index (χ0v) is 17.4. The van der Waals surface area contributed by atoms with Gasteiger partial charge in [-0.15, -0.1) is 22.9 Å². The number of thiophene rings is 1. The van der Waals surface area contributed by atoms with E-state index >= 15 is 0 Å². The summed E-state index contributed by atoms with van der Waals surface area (Å²) in [7, 11) is 0. The summed E-state index contributed by atoms with van der Waals surface area (Å²) >= 11 is 7.06. The summed E-state index contributed by atoms with van der Waals surface area (Å²) in [6.45, 7) is 0.694. The highest BCUT2D eigenvalue weighted by Gasteiger charge is 2.32. The van der Waals surface area contributed by atoms with Gasteiger partial charge in [0, 0.05) is 18.0 Å². The summed E-state index contributed by atoms with van der Waals surface area (Å²) in [5.74, 6) is -0.150. The van der Waals surface area contributed by atoms with E-state index in [9.17, 15) is 22.4 Å². The van der Waals surface area contributed by atoms with Crippen LogP contribution in [0.3, 0.4) is 0 Å². The second kappa shape index (κ2) is 8.43. The molecule has 0 radical (unpaired) electrons. The predicted octanol–water partition coefficient (Wildman–Crippen LogP) is 4.42. The van der Waals surface area contributed by atoms with Crippen molar-refractivity contribution in [3.63, 3.8) is 0 Å². The number of halogens is 5. The minimum atomic E-state index is -4.42. The minimum Gasteiger partial charge on any atom is -0.335 e. The number of anilines is 1. The number of hydrogen-bond acceptors (Lipinski definition) is 5. The molecule has 0 amide bonds. The first kappa shape index (κ1) is 21.5. The van der Waals surface area contributed by atoms with Crippen LogP contribution in [0.25, 0.3) is 5.57 Å². The number of hydrogen-bond donors (Lipinski definition) is 0. The maximum atomic E-state index is 13.1. The first-order valence-corrected chi connectivity index (χ1v) is 10.4. The molecule has 0 saturated heterocycles. The van der Waals surface area contributed by atoms with E-state index in [1.807, 2.05) is 6.08 Å². The molecule has 1 aromatic carbocycles. The van der Waals surface area contributed by atoms with Gasteiger partial charge in [0.05, 0.1) is 11.9 Å². The Kier molecular flexibility index (Phi) is 5.85. The fraction of sp³-hybridized carbons (Fsp3) is 0.250. The fourth-order valence-electron chi connectivity index (χ4n) is 3.20. The molecule has 0 N–H and O–H groups in total. The van der Waals surface area contributed by atoms with Gasteiger partial charge in [-0.25, -0.2) is 14.2 Å². The van der Waals surface area contributed by atoms with E-state index in [0.29, 0.717) is 29.3 Å². The molecule has 1 aliphatic heterocycles. The summed E-state index contributed by atoms with van der Waals surface area (Å²) in [5.41, 5.74) is 1.04. The Morgan fingerprint density at radius 3 is 2.52 bits per heavy atom. The van der Waals surface area contributed by atoms with Gasteiger partial charge in [-0.05, 0) is 35.4 Å². The molecule has 4 rings (SSSR count). The molecule has 0 bridgehead atoms. The average Bonchev–Trinajstić information content (AvgIpc) is 3.19. The van der Waals surface area contributed by atoms with Crippen molar-refractivity contribution in [3.8, 4) is 0 Å². The van der Waals surface area contributed by atoms with E-state index < -0.39 is 22.1 Å². The van der Waals surface area contributed by atoms with Crippen molar-refractivity contribution >= 4 is 34.5 Å². The topological polar surface area (TPSA) is 51.0 Å². The molecule has 5 nitrogen and oxygen atoms in total. The number of aromatic nitrogens is 3. The maximum absolute atomic E-state index is 13.1. The normalized spacial score (nSPS) is 17.0. The molecule has 11 heteroatoms. The molecule has 0 saturated carbocycles. The van der Waals surface area contributed by atoms with Crippen molar-refractivity contribution in [2.45, 2.75) is 18.1 Å². The van der Waals surface area contributed by atoms with Gasteiger partial charge in [-0.2, -0.15) is 18.2 Å². The van der Waals surface area contributed by atoms with Crippen molar-refractivity contribution < 1.29 is 17.6 Å². The maximum Gasteiger partial charge on any atom is 0.425 e. The first-order chi connectivity index (χ1) is 14.7. The highest BCUT2D eigenvalue weighted by Crippen LogP contribution is 2.34. The third-order valence-electron chi connectivity index (χ3n) is 4.73. The van der Waals surface area contributed by atoms with Gasteiger partial charge in [0.15, 0.2) is 0 Å². The summed E-state index contributed by atoms with van der Waals surface area (Å²) in [6.07, 6.45) is -1.28. The predicted molar refractivity (Wildman–Crippen MR) is 111 cm³/mol. The van der Waals surface area contributed by atoms with Gasteiger partial charge in [-0.3, -0.25) is 4.57 Å². The largest absolute Gasteiger partial charge is 0.425 e. The summed E-state index contributed by atoms with van der Waals surface area (Å²) in [6, 6.07) is 8.34. The van der Waals surface area contributed by atoms with Crippen molar-refractivity contribution in [2.24, 2.45) is 0 Å². The lowest BCUT2D eigenvalue weighted by Gasteiger charge is -2.30. The second-order valence-corrected chi connectivity index (χ2v) is 8.56. The molecular formula is C20H15ClF4N4OS. The average molecular weight is 471 g/mol. The van der Waals surface area contributed by atoms with Crippen LogP contribution in [0, 0.1) is 5.82 Å². The summed E-state index contributed by atoms with van der Waals surface area (Å²) < 4.78 is 52.5. The van der Waals surface area contributed by atoms with Crippen LogP contribution in [0.1, 0.15) is 15.3 Å². The molecule has 0 aliphatic carbocycles. The number of nitrogens with zero attached hydrogens (tertiary/aromatic N) is 4. The van der Waals surface area contributed by atoms with Crippen molar-refractivity contribution in [3.05, 3.63) is 80.4 Å². The number of rotatable bonds is 4. The Morgan fingerprint density at radius 1 is 1.16 bits per heavy atom. The fourth-order valence-corrected chi connectivity index (χ4v) is 4.46. The highest BCUT2D eigenvalue weighted by molar-refractivity contribution is 7.12. The monoisotopic (exact) mass is 470 g/mol. The number of benzene rings is 1. The van der Waals surface area contributed by atoms with Gasteiger partial charge in [-0.1, -0.05) is 18.2 Å². The summed E-state index contributed by atoms with van der Waals surface area (Å²) in [5, 5.41) is -0.419. The molecule has 3 heterocycles. The van der Waals surface area contributed by atoms with Gasteiger partial charge in [0.25, 0.3) is 0 Å². The molecular weight excluding hydrogens is 456 g/mol. The zero-order chi connectivity index (χ0) is 22.2. The van der Waals surface area contributed by atoms with Crippen molar-refractivity contribution in [1.82, 2.24) is 14.5 Å². The second-order valence-electron chi connectivity index (χ2n) is 6.87. The standard InChI is InChI=1S/C20H15ClF4N4OS/c21-16-10-28(8-7-15(16)12-1-3-13(22)4-2-12)18-26-11-29(19(30)27-18)9-14-5-6-17(31-14)20(23,24)25/h1-7,11,16H,8-10H2. The van der Waals surface area contributed by atoms with Crippen LogP contribution >= 0.6 is 22.9 Å². The third kappa shape index (κ3) is 4.80. The van der Waals surface area contributed by atoms with Gasteiger partial charge in [0.2, 0.25) is 5.95 Å². The lowest BCUT2D eigenvalue weighted by Crippen LogP contribution is -2.38. The lowest BCUT2D eigenvalue weighted by molar-refractivity contribution is -0.134. The Bertz CT molecular complexity index is 1170. The van der Waals surface area contributed by atoms with Crippen molar-refractivity contribution in [2.75, 3.05) is 18.0 Å². The molecule has 1 aliphatic rings. The lowest BCUT2D eigenvalue weighted by atomic mass is 9.99. The smallest absolute Gasteiger partial charge is 0.335 e. The van der Waals surface area contributed by atoms with Crippen LogP contribution in [0.4, 0.5) is 23.5 Å². The molecule has 1 atom stereocenters. The van der Waals surface area contributed by atoms with E-state index in [-0.39, 0.29) is 18.3 Å². The van der Waals surface area contributed by atoms with Crippen LogP contribution in [-0.4, -0.2) is 33.0 Å². The molecule has 162 valence electrons. The highest BCUT2D eigenvalue weighted by atomic mass is 35.5. The van der Waals surface area contributed by atoms with E-state index in [1.54, 1.807) is 17.0 Å². The molecule has 1 unspecified atom stereocenters. The first-order valence-electron chi connectivity index (χ1n) is 9.15. The van der Waals surface area contributed by atoms with E-state index in [2.05, 4.69) is 9.97 Å². The van der Waals surface area contributed by atoms with Crippen LogP contribution in [0.2, 0.25) is 0 Å². The molecule has 3 aromatic rings. The molecule has 0 fully saturated rings. The van der Waals surface area contributed by atoms with E-state index in [4.69, 9.17) is 11.6 Å². The van der Waals surface area contributed by atoms with Crippen LogP contribution < -0.4 is 10.6 Å². The third-order valence-corrected chi connectivity index (χ3v) is 6.22. The minimum absolute atomic E-state index is 0.0490. The Balaban J connectivity index is 1.49. The van der Waals surface area contributed by atoms with Crippen LogP contribution in [-0.2, 0) is 12.7 Å². The Labute approximate surface area is 183 Å². The van der Waals surface area contributed by atoms with Crippen LogP contribution in [0.5, 0.6) is 0 Å². The molecule has 0 spiro atoms. The Morgan fingerprint density at radius 2 is 1.90 bits per heavy atom. The molecule has 2 aromatic heterocycles. The Hall–Kier alpha value is -2.72. The van der Waals surface area contributed by atoms with Crippen LogP contribution in [0.15, 0.2) is 53.6 Å². The van der Waals surface area contributed by atoms with Crippen molar-refractivity contribution in [1.29, 1.82) is 0 Å².